The minimum absolute atomic E-state index is 0.263. The third kappa shape index (κ3) is 2.37. The number of nitrogens with zero attached hydrogens (tertiary/aromatic N) is 1. The van der Waals surface area contributed by atoms with Crippen molar-refractivity contribution in [3.63, 3.8) is 0 Å². The Kier molecular flexibility index (Phi) is 4.40. The van der Waals surface area contributed by atoms with Gasteiger partial charge in [0.2, 0.25) is 11.8 Å². The first-order valence-corrected chi connectivity index (χ1v) is 12.1. The van der Waals surface area contributed by atoms with Gasteiger partial charge in [-0.1, -0.05) is 80.4 Å². The Morgan fingerprint density at radius 1 is 0.727 bits per heavy atom. The van der Waals surface area contributed by atoms with Crippen molar-refractivity contribution in [3.05, 3.63) is 89.0 Å². The predicted molar refractivity (Wildman–Crippen MR) is 131 cm³/mol. The molecule has 7 rings (SSSR count). The van der Waals surface area contributed by atoms with Gasteiger partial charge in [-0.05, 0) is 34.4 Å². The Balaban J connectivity index is 1.64. The molecule has 1 aliphatic heterocycles. The van der Waals surface area contributed by atoms with Crippen molar-refractivity contribution in [1.29, 1.82) is 0 Å². The van der Waals surface area contributed by atoms with Crippen molar-refractivity contribution in [3.8, 4) is 11.5 Å². The van der Waals surface area contributed by atoms with Crippen molar-refractivity contribution in [2.45, 2.75) is 8.65 Å². The van der Waals surface area contributed by atoms with E-state index in [0.29, 0.717) is 17.2 Å². The first-order valence-electron chi connectivity index (χ1n) is 10.6. The van der Waals surface area contributed by atoms with Crippen molar-refractivity contribution >= 4 is 49.4 Å². The first-order chi connectivity index (χ1) is 15.9. The van der Waals surface area contributed by atoms with Crippen LogP contribution in [0.15, 0.2) is 66.7 Å². The van der Waals surface area contributed by atoms with Crippen LogP contribution in [0, 0.1) is 11.8 Å². The summed E-state index contributed by atoms with van der Waals surface area (Å²) < 4.78 is 9.25. The van der Waals surface area contributed by atoms with E-state index in [1.165, 1.54) is 12.0 Å². The second-order valence-corrected chi connectivity index (χ2v) is 11.0. The maximum Gasteiger partial charge on any atom is 0.240 e. The van der Waals surface area contributed by atoms with Crippen LogP contribution in [0.5, 0.6) is 11.5 Å². The monoisotopic (exact) mass is 567 g/mol. The summed E-state index contributed by atoms with van der Waals surface area (Å²) >= 11 is 8.03. The fourth-order valence-electron chi connectivity index (χ4n) is 5.88. The zero-order valence-corrected chi connectivity index (χ0v) is 21.0. The molecule has 1 saturated heterocycles. The van der Waals surface area contributed by atoms with E-state index >= 15 is 0 Å². The molecular formula is C26H19Br2NO4. The van der Waals surface area contributed by atoms with Crippen molar-refractivity contribution in [2.75, 3.05) is 19.1 Å². The molecule has 1 heterocycles. The van der Waals surface area contributed by atoms with Crippen molar-refractivity contribution < 1.29 is 19.1 Å². The Labute approximate surface area is 207 Å². The van der Waals surface area contributed by atoms with Crippen LogP contribution in [0.2, 0.25) is 0 Å². The zero-order chi connectivity index (χ0) is 23.1. The lowest BCUT2D eigenvalue weighted by molar-refractivity contribution is -0.122. The smallest absolute Gasteiger partial charge is 0.240 e. The molecule has 3 aromatic carbocycles. The minimum Gasteiger partial charge on any atom is -0.497 e. The standard InChI is InChI=1S/C26H19Br2NO4/c1-32-14-11-12-20(33-2)19(13-14)29-23(30)21-22(24(29)31)26(28)16-8-4-3-7-15(16)25(21,27)17-9-5-6-10-18(17)26/h3-13,21-22H,1-2H3. The fourth-order valence-corrected chi connectivity index (χ4v) is 8.18. The minimum atomic E-state index is -0.825. The fraction of sp³-hybridized carbons (Fsp3) is 0.231. The van der Waals surface area contributed by atoms with Gasteiger partial charge in [0, 0.05) is 6.07 Å². The second-order valence-electron chi connectivity index (χ2n) is 8.52. The number of benzene rings is 3. The predicted octanol–water partition coefficient (Wildman–Crippen LogP) is 5.11. The van der Waals surface area contributed by atoms with Gasteiger partial charge in [0.15, 0.2) is 0 Å². The average molecular weight is 569 g/mol. The number of halogens is 2. The molecule has 4 aliphatic rings. The van der Waals surface area contributed by atoms with Crippen molar-refractivity contribution in [1.82, 2.24) is 0 Å². The van der Waals surface area contributed by atoms with Crippen LogP contribution in [0.25, 0.3) is 0 Å². The number of hydrogen-bond donors (Lipinski definition) is 0. The summed E-state index contributed by atoms with van der Waals surface area (Å²) in [7, 11) is 3.07. The van der Waals surface area contributed by atoms with E-state index in [1.807, 2.05) is 48.5 Å². The van der Waals surface area contributed by atoms with Gasteiger partial charge in [-0.2, -0.15) is 0 Å². The third-order valence-corrected chi connectivity index (χ3v) is 9.91. The molecule has 0 aromatic heterocycles. The summed E-state index contributed by atoms with van der Waals surface area (Å²) in [5.41, 5.74) is 4.40. The van der Waals surface area contributed by atoms with E-state index in [4.69, 9.17) is 9.47 Å². The number of carbonyl (C=O) groups is 2. The Morgan fingerprint density at radius 2 is 1.18 bits per heavy atom. The summed E-state index contributed by atoms with van der Waals surface area (Å²) in [6.45, 7) is 0. The maximum absolute atomic E-state index is 14.1. The van der Waals surface area contributed by atoms with Gasteiger partial charge in [0.25, 0.3) is 0 Å². The maximum atomic E-state index is 14.1. The van der Waals surface area contributed by atoms with Gasteiger partial charge < -0.3 is 9.47 Å². The molecule has 3 aliphatic carbocycles. The van der Waals surface area contributed by atoms with Crippen LogP contribution in [-0.4, -0.2) is 26.0 Å². The van der Waals surface area contributed by atoms with Crippen LogP contribution in [0.4, 0.5) is 5.69 Å². The molecule has 166 valence electrons. The molecule has 0 spiro atoms. The summed E-state index contributed by atoms with van der Waals surface area (Å²) in [6, 6.07) is 21.2. The van der Waals surface area contributed by atoms with Gasteiger partial charge in [0.05, 0.1) is 40.4 Å². The summed E-state index contributed by atoms with van der Waals surface area (Å²) in [4.78, 5) is 29.5. The molecule has 2 unspecified atom stereocenters. The molecule has 0 saturated carbocycles. The molecular weight excluding hydrogens is 550 g/mol. The normalized spacial score (nSPS) is 28.9. The highest BCUT2D eigenvalue weighted by Gasteiger charge is 2.72. The highest BCUT2D eigenvalue weighted by molar-refractivity contribution is 9.10. The SMILES string of the molecule is COc1ccc(OC)c(N2C(=O)C3C(C2=O)C2(Br)c4ccccc4C3(Br)c3ccccc32)c1. The zero-order valence-electron chi connectivity index (χ0n) is 17.8. The number of amides is 2. The first kappa shape index (κ1) is 20.9. The summed E-state index contributed by atoms with van der Waals surface area (Å²) in [6.07, 6.45) is 0. The molecule has 2 amide bonds. The van der Waals surface area contributed by atoms with E-state index < -0.39 is 20.5 Å². The van der Waals surface area contributed by atoms with E-state index in [2.05, 4.69) is 31.9 Å². The van der Waals surface area contributed by atoms with Crippen LogP contribution in [0.1, 0.15) is 22.3 Å². The number of imide groups is 1. The number of carbonyl (C=O) groups excluding carboxylic acids is 2. The number of rotatable bonds is 3. The molecule has 0 radical (unpaired) electrons. The van der Waals surface area contributed by atoms with Crippen molar-refractivity contribution in [2.24, 2.45) is 11.8 Å². The average Bonchev–Trinajstić information content (AvgIpc) is 3.13. The van der Waals surface area contributed by atoms with Gasteiger partial charge in [0.1, 0.15) is 11.5 Å². The van der Waals surface area contributed by atoms with Gasteiger partial charge in [-0.25, -0.2) is 4.90 Å². The van der Waals surface area contributed by atoms with Gasteiger partial charge >= 0.3 is 0 Å². The summed E-state index contributed by atoms with van der Waals surface area (Å²) in [5, 5.41) is 0. The molecule has 2 atom stereocenters. The molecule has 5 nitrogen and oxygen atoms in total. The third-order valence-electron chi connectivity index (χ3n) is 7.21. The molecule has 2 bridgehead atoms. The van der Waals surface area contributed by atoms with Crippen LogP contribution < -0.4 is 14.4 Å². The highest BCUT2D eigenvalue weighted by atomic mass is 79.9. The van der Waals surface area contributed by atoms with Crippen LogP contribution in [-0.2, 0) is 18.2 Å². The Hall–Kier alpha value is -2.64. The quantitative estimate of drug-likeness (QED) is 0.325. The molecule has 1 fully saturated rings. The molecule has 7 heteroatoms. The van der Waals surface area contributed by atoms with Crippen LogP contribution >= 0.6 is 31.9 Å². The van der Waals surface area contributed by atoms with Gasteiger partial charge in [-0.15, -0.1) is 0 Å². The van der Waals surface area contributed by atoms with E-state index in [-0.39, 0.29) is 11.8 Å². The summed E-state index contributed by atoms with van der Waals surface area (Å²) in [5.74, 6) is -0.818. The Bertz CT molecular complexity index is 1230. The highest BCUT2D eigenvalue weighted by Crippen LogP contribution is 2.71. The second kappa shape index (κ2) is 6.93. The molecule has 3 aromatic rings. The largest absolute Gasteiger partial charge is 0.497 e. The number of alkyl halides is 2. The van der Waals surface area contributed by atoms with E-state index in [1.54, 1.807) is 25.3 Å². The lowest BCUT2D eigenvalue weighted by atomic mass is 9.54. The number of hydrogen-bond acceptors (Lipinski definition) is 4. The molecule has 33 heavy (non-hydrogen) atoms. The van der Waals surface area contributed by atoms with Crippen LogP contribution in [0.3, 0.4) is 0 Å². The molecule has 0 N–H and O–H groups in total. The van der Waals surface area contributed by atoms with E-state index in [0.717, 1.165) is 22.3 Å². The number of methoxy groups -OCH3 is 2. The lowest BCUT2D eigenvalue weighted by Crippen LogP contribution is -2.56. The Morgan fingerprint density at radius 3 is 1.58 bits per heavy atom. The number of ether oxygens (including phenoxy) is 2. The lowest BCUT2D eigenvalue weighted by Gasteiger charge is -2.55. The topological polar surface area (TPSA) is 55.8 Å². The van der Waals surface area contributed by atoms with E-state index in [9.17, 15) is 9.59 Å². The number of anilines is 1. The van der Waals surface area contributed by atoms with Gasteiger partial charge in [-0.3, -0.25) is 9.59 Å².